The van der Waals surface area contributed by atoms with Gasteiger partial charge in [-0.15, -0.1) is 0 Å². The lowest BCUT2D eigenvalue weighted by atomic mass is 10.0. The molecule has 27 heavy (non-hydrogen) atoms. The Morgan fingerprint density at radius 1 is 1.30 bits per heavy atom. The highest BCUT2D eigenvalue weighted by Crippen LogP contribution is 2.29. The summed E-state index contributed by atoms with van der Waals surface area (Å²) < 4.78 is 3.19. The van der Waals surface area contributed by atoms with Crippen LogP contribution in [-0.4, -0.2) is 25.2 Å². The van der Waals surface area contributed by atoms with Crippen LogP contribution in [0, 0.1) is 0 Å². The van der Waals surface area contributed by atoms with Gasteiger partial charge in [0.2, 0.25) is 5.91 Å². The van der Waals surface area contributed by atoms with Crippen LogP contribution in [0.3, 0.4) is 0 Å². The van der Waals surface area contributed by atoms with Crippen LogP contribution in [0.1, 0.15) is 25.0 Å². The average Bonchev–Trinajstić information content (AvgIpc) is 2.92. The summed E-state index contributed by atoms with van der Waals surface area (Å²) in [6.07, 6.45) is 2.81. The van der Waals surface area contributed by atoms with Gasteiger partial charge in [-0.3, -0.25) is 14.2 Å². The number of aromatic nitrogens is 4. The van der Waals surface area contributed by atoms with Gasteiger partial charge in [-0.05, 0) is 46.0 Å². The Hall–Kier alpha value is -2.19. The topological polar surface area (TPSA) is 81.8 Å². The lowest BCUT2D eigenvalue weighted by Gasteiger charge is -2.16. The minimum absolute atomic E-state index is 0.151. The SMILES string of the molecule is CCc1ccc(Cl)c(CC)c1NC(=O)Cn1cnc2c(c(Br)nn2C)c1=O. The van der Waals surface area contributed by atoms with Crippen molar-refractivity contribution in [2.24, 2.45) is 7.05 Å². The molecule has 2 aromatic heterocycles. The van der Waals surface area contributed by atoms with Crippen LogP contribution < -0.4 is 10.9 Å². The highest BCUT2D eigenvalue weighted by molar-refractivity contribution is 9.10. The molecule has 142 valence electrons. The third-order valence-corrected chi connectivity index (χ3v) is 5.33. The maximum Gasteiger partial charge on any atom is 0.266 e. The molecular weight excluding hydrogens is 434 g/mol. The lowest BCUT2D eigenvalue weighted by Crippen LogP contribution is -2.28. The van der Waals surface area contributed by atoms with Gasteiger partial charge in [-0.25, -0.2) is 9.67 Å². The number of rotatable bonds is 5. The zero-order valence-electron chi connectivity index (χ0n) is 15.2. The second-order valence-electron chi connectivity index (χ2n) is 6.11. The first kappa shape index (κ1) is 19.6. The molecule has 0 atom stereocenters. The van der Waals surface area contributed by atoms with Crippen molar-refractivity contribution >= 4 is 50.2 Å². The molecule has 9 heteroatoms. The molecule has 0 saturated heterocycles. The van der Waals surface area contributed by atoms with Crippen molar-refractivity contribution in [2.45, 2.75) is 33.2 Å². The number of nitrogens with one attached hydrogen (secondary N) is 1. The van der Waals surface area contributed by atoms with E-state index in [-0.39, 0.29) is 18.0 Å². The molecule has 0 unspecified atom stereocenters. The molecule has 1 amide bonds. The molecule has 0 bridgehead atoms. The molecule has 0 aliphatic carbocycles. The van der Waals surface area contributed by atoms with Gasteiger partial charge < -0.3 is 5.32 Å². The number of nitrogens with zero attached hydrogens (tertiary/aromatic N) is 4. The number of benzene rings is 1. The third-order valence-electron chi connectivity index (χ3n) is 4.42. The number of anilines is 1. The maximum atomic E-state index is 12.7. The molecule has 1 N–H and O–H groups in total. The van der Waals surface area contributed by atoms with E-state index in [4.69, 9.17) is 11.6 Å². The highest BCUT2D eigenvalue weighted by Gasteiger charge is 2.17. The molecule has 0 spiro atoms. The Morgan fingerprint density at radius 2 is 2.04 bits per heavy atom. The molecule has 0 aliphatic rings. The molecule has 1 aromatic carbocycles. The second kappa shape index (κ2) is 7.82. The molecule has 7 nitrogen and oxygen atoms in total. The highest BCUT2D eigenvalue weighted by atomic mass is 79.9. The van der Waals surface area contributed by atoms with Gasteiger partial charge in [0.15, 0.2) is 5.65 Å². The van der Waals surface area contributed by atoms with Gasteiger partial charge in [0, 0.05) is 17.8 Å². The van der Waals surface area contributed by atoms with Crippen molar-refractivity contribution in [2.75, 3.05) is 5.32 Å². The Bertz CT molecular complexity index is 1090. The van der Waals surface area contributed by atoms with E-state index in [1.54, 1.807) is 7.05 Å². The number of fused-ring (bicyclic) bond motifs is 1. The van der Waals surface area contributed by atoms with Crippen molar-refractivity contribution in [3.63, 3.8) is 0 Å². The monoisotopic (exact) mass is 451 g/mol. The number of carbonyl (C=O) groups excluding carboxylic acids is 1. The summed E-state index contributed by atoms with van der Waals surface area (Å²) in [7, 11) is 1.70. The Labute approximate surface area is 169 Å². The number of hydrogen-bond donors (Lipinski definition) is 1. The van der Waals surface area contributed by atoms with E-state index in [1.165, 1.54) is 15.6 Å². The van der Waals surface area contributed by atoms with Gasteiger partial charge in [-0.2, -0.15) is 5.10 Å². The minimum Gasteiger partial charge on any atom is -0.324 e. The quantitative estimate of drug-likeness (QED) is 0.644. The van der Waals surface area contributed by atoms with Gasteiger partial charge >= 0.3 is 0 Å². The summed E-state index contributed by atoms with van der Waals surface area (Å²) in [5.74, 6) is -0.315. The molecule has 0 saturated carbocycles. The van der Waals surface area contributed by atoms with Crippen LogP contribution in [0.2, 0.25) is 5.02 Å². The predicted molar refractivity (Wildman–Crippen MR) is 109 cm³/mol. The van der Waals surface area contributed by atoms with Crippen LogP contribution in [0.25, 0.3) is 11.0 Å². The van der Waals surface area contributed by atoms with Crippen molar-refractivity contribution in [3.8, 4) is 0 Å². The van der Waals surface area contributed by atoms with Gasteiger partial charge in [0.25, 0.3) is 5.56 Å². The number of hydrogen-bond acceptors (Lipinski definition) is 4. The third kappa shape index (κ3) is 3.64. The maximum absolute atomic E-state index is 12.7. The molecule has 3 aromatic rings. The van der Waals surface area contributed by atoms with Crippen LogP contribution in [0.4, 0.5) is 5.69 Å². The number of amides is 1. The summed E-state index contributed by atoms with van der Waals surface area (Å²) >= 11 is 9.55. The number of carbonyl (C=O) groups is 1. The summed E-state index contributed by atoms with van der Waals surface area (Å²) in [6.45, 7) is 3.85. The predicted octanol–water partition coefficient (Wildman–Crippen LogP) is 3.31. The fourth-order valence-corrected chi connectivity index (χ4v) is 3.92. The van der Waals surface area contributed by atoms with Gasteiger partial charge in [-0.1, -0.05) is 31.5 Å². The molecule has 0 radical (unpaired) electrons. The van der Waals surface area contributed by atoms with Gasteiger partial charge in [0.05, 0.1) is 0 Å². The molecular formula is C18H19BrClN5O2. The largest absolute Gasteiger partial charge is 0.324 e. The van der Waals surface area contributed by atoms with E-state index in [1.807, 2.05) is 26.0 Å². The van der Waals surface area contributed by atoms with Crippen molar-refractivity contribution in [1.82, 2.24) is 19.3 Å². The lowest BCUT2D eigenvalue weighted by molar-refractivity contribution is -0.116. The molecule has 2 heterocycles. The first-order chi connectivity index (χ1) is 12.9. The average molecular weight is 453 g/mol. The zero-order valence-corrected chi connectivity index (χ0v) is 17.6. The second-order valence-corrected chi connectivity index (χ2v) is 7.26. The van der Waals surface area contributed by atoms with E-state index in [2.05, 4.69) is 31.3 Å². The normalized spacial score (nSPS) is 11.1. The van der Waals surface area contributed by atoms with E-state index >= 15 is 0 Å². The van der Waals surface area contributed by atoms with E-state index in [9.17, 15) is 9.59 Å². The fourth-order valence-electron chi connectivity index (χ4n) is 3.05. The number of aryl methyl sites for hydroxylation is 2. The smallest absolute Gasteiger partial charge is 0.266 e. The van der Waals surface area contributed by atoms with Crippen LogP contribution in [0.5, 0.6) is 0 Å². The summed E-state index contributed by atoms with van der Waals surface area (Å²) in [5, 5.41) is 8.02. The zero-order chi connectivity index (χ0) is 19.7. The standard InChI is InChI=1S/C18H19BrClN5O2/c1-4-10-6-7-12(20)11(5-2)15(10)22-13(26)8-25-9-21-17-14(18(25)27)16(19)23-24(17)3/h6-7,9H,4-5,8H2,1-3H3,(H,22,26). The van der Waals surface area contributed by atoms with Crippen molar-refractivity contribution < 1.29 is 4.79 Å². The molecule has 0 fully saturated rings. The molecule has 0 aliphatic heterocycles. The van der Waals surface area contributed by atoms with E-state index < -0.39 is 0 Å². The summed E-state index contributed by atoms with van der Waals surface area (Å²) in [5.41, 5.74) is 2.75. The Balaban J connectivity index is 1.93. The first-order valence-corrected chi connectivity index (χ1v) is 9.72. The fraction of sp³-hybridized carbons (Fsp3) is 0.333. The van der Waals surface area contributed by atoms with Crippen LogP contribution in [0.15, 0.2) is 27.9 Å². The minimum atomic E-state index is -0.326. The Kier molecular flexibility index (Phi) is 5.67. The van der Waals surface area contributed by atoms with Crippen molar-refractivity contribution in [3.05, 3.63) is 49.6 Å². The first-order valence-electron chi connectivity index (χ1n) is 8.55. The molecule has 3 rings (SSSR count). The van der Waals surface area contributed by atoms with Crippen LogP contribution >= 0.6 is 27.5 Å². The van der Waals surface area contributed by atoms with Gasteiger partial charge in [0.1, 0.15) is 22.9 Å². The van der Waals surface area contributed by atoms with E-state index in [0.29, 0.717) is 27.1 Å². The van der Waals surface area contributed by atoms with E-state index in [0.717, 1.165) is 23.2 Å². The van der Waals surface area contributed by atoms with Crippen LogP contribution in [-0.2, 0) is 31.2 Å². The van der Waals surface area contributed by atoms with Crippen molar-refractivity contribution in [1.29, 1.82) is 0 Å². The summed E-state index contributed by atoms with van der Waals surface area (Å²) in [6, 6.07) is 3.75. The Morgan fingerprint density at radius 3 is 2.70 bits per heavy atom. The number of halogens is 2. The summed E-state index contributed by atoms with van der Waals surface area (Å²) in [4.78, 5) is 29.6.